The molecular weight excluding hydrogens is 374 g/mol. The van der Waals surface area contributed by atoms with E-state index in [0.29, 0.717) is 23.4 Å². The van der Waals surface area contributed by atoms with Gasteiger partial charge >= 0.3 is 0 Å². The van der Waals surface area contributed by atoms with Gasteiger partial charge in [-0.05, 0) is 57.4 Å². The minimum Gasteiger partial charge on any atom is -0.494 e. The number of aryl methyl sites for hydroxylation is 1. The molecule has 4 rings (SSSR count). The number of amidine groups is 1. The van der Waals surface area contributed by atoms with Crippen molar-refractivity contribution in [3.8, 4) is 17.2 Å². The number of hydrogen-bond acceptors (Lipinski definition) is 6. The van der Waals surface area contributed by atoms with E-state index in [0.717, 1.165) is 54.2 Å². The third kappa shape index (κ3) is 4.04. The molecule has 1 aromatic carbocycles. The van der Waals surface area contributed by atoms with E-state index in [4.69, 9.17) is 9.15 Å². The smallest absolute Gasteiger partial charge is 0.256 e. The summed E-state index contributed by atoms with van der Waals surface area (Å²) >= 11 is 1.44. The van der Waals surface area contributed by atoms with Gasteiger partial charge in [0.1, 0.15) is 11.5 Å². The second-order valence-electron chi connectivity index (χ2n) is 6.90. The Labute approximate surface area is 168 Å². The van der Waals surface area contributed by atoms with Crippen LogP contribution in [0.5, 0.6) is 5.75 Å². The predicted molar refractivity (Wildman–Crippen MR) is 111 cm³/mol. The highest BCUT2D eigenvalue weighted by molar-refractivity contribution is 8.13. The normalized spacial score (nSPS) is 19.1. The van der Waals surface area contributed by atoms with Gasteiger partial charge in [-0.3, -0.25) is 4.79 Å². The highest BCUT2D eigenvalue weighted by Crippen LogP contribution is 2.30. The summed E-state index contributed by atoms with van der Waals surface area (Å²) in [6.45, 7) is 4.49. The Kier molecular flexibility index (Phi) is 5.62. The Hall–Kier alpha value is -2.41. The fraction of sp³-hybridized carbons (Fsp3) is 0.429. The maximum atomic E-state index is 12.3. The summed E-state index contributed by atoms with van der Waals surface area (Å²) in [5.41, 5.74) is 2.74. The molecule has 1 atom stereocenters. The number of aromatic nitrogens is 1. The van der Waals surface area contributed by atoms with Crippen LogP contribution in [0.1, 0.15) is 44.1 Å². The monoisotopic (exact) mass is 397 g/mol. The van der Waals surface area contributed by atoms with Crippen LogP contribution in [0.2, 0.25) is 0 Å². The summed E-state index contributed by atoms with van der Waals surface area (Å²) in [4.78, 5) is 25.7. The molecule has 28 heavy (non-hydrogen) atoms. The second-order valence-corrected chi connectivity index (χ2v) is 7.84. The van der Waals surface area contributed by atoms with E-state index in [2.05, 4.69) is 15.0 Å². The van der Waals surface area contributed by atoms with E-state index in [1.807, 2.05) is 38.1 Å². The average molecular weight is 398 g/mol. The van der Waals surface area contributed by atoms with Crippen molar-refractivity contribution in [2.45, 2.75) is 45.3 Å². The standard InChI is InChI=1S/C21H23N3O3S/c1-3-26-15-10-8-14(9-11-15)20-22-18(13(2)27-20)12-28-21-23-17-7-5-4-6-16(17)19(25)24-21/h8-11,16H,3-7,12H2,1-2H3. The molecule has 2 aromatic rings. The molecule has 1 aliphatic heterocycles. The third-order valence-electron chi connectivity index (χ3n) is 4.96. The molecule has 2 heterocycles. The number of carbonyl (C=O) groups excluding carboxylic acids is 1. The number of fused-ring (bicyclic) bond motifs is 1. The van der Waals surface area contributed by atoms with Crippen molar-refractivity contribution in [2.75, 3.05) is 6.61 Å². The van der Waals surface area contributed by atoms with Crippen molar-refractivity contribution >= 4 is 28.5 Å². The van der Waals surface area contributed by atoms with Crippen molar-refractivity contribution < 1.29 is 13.9 Å². The summed E-state index contributed by atoms with van der Waals surface area (Å²) in [6.07, 6.45) is 3.97. The summed E-state index contributed by atoms with van der Waals surface area (Å²) in [6, 6.07) is 7.69. The summed E-state index contributed by atoms with van der Waals surface area (Å²) in [5.74, 6) is 2.61. The number of benzene rings is 1. The van der Waals surface area contributed by atoms with Gasteiger partial charge in [-0.1, -0.05) is 18.2 Å². The van der Waals surface area contributed by atoms with Crippen LogP contribution in [-0.4, -0.2) is 28.4 Å². The molecule has 2 aliphatic rings. The Morgan fingerprint density at radius 2 is 2.04 bits per heavy atom. The highest BCUT2D eigenvalue weighted by atomic mass is 32.2. The lowest BCUT2D eigenvalue weighted by Gasteiger charge is -2.24. The Morgan fingerprint density at radius 1 is 1.21 bits per heavy atom. The molecule has 0 spiro atoms. The van der Waals surface area contributed by atoms with E-state index < -0.39 is 0 Å². The Balaban J connectivity index is 1.44. The summed E-state index contributed by atoms with van der Waals surface area (Å²) in [7, 11) is 0. The van der Waals surface area contributed by atoms with Crippen LogP contribution in [0.4, 0.5) is 0 Å². The first kappa shape index (κ1) is 18.9. The molecule has 1 unspecified atom stereocenters. The van der Waals surface area contributed by atoms with Gasteiger partial charge in [0.05, 0.1) is 18.2 Å². The zero-order valence-electron chi connectivity index (χ0n) is 16.1. The topological polar surface area (TPSA) is 77.1 Å². The van der Waals surface area contributed by atoms with Crippen LogP contribution >= 0.6 is 11.8 Å². The number of rotatable bonds is 5. The van der Waals surface area contributed by atoms with E-state index >= 15 is 0 Å². The molecule has 1 fully saturated rings. The molecule has 1 saturated carbocycles. The van der Waals surface area contributed by atoms with Crippen molar-refractivity contribution in [3.63, 3.8) is 0 Å². The SMILES string of the molecule is CCOc1ccc(-c2nc(CSC3=NC(=O)C4CCCCC4=N3)c(C)o2)cc1. The first-order valence-corrected chi connectivity index (χ1v) is 10.6. The largest absolute Gasteiger partial charge is 0.494 e. The van der Waals surface area contributed by atoms with Crippen LogP contribution in [0, 0.1) is 12.8 Å². The van der Waals surface area contributed by atoms with Crippen molar-refractivity contribution in [3.05, 3.63) is 35.7 Å². The van der Waals surface area contributed by atoms with Crippen LogP contribution in [0.15, 0.2) is 38.7 Å². The molecule has 7 heteroatoms. The quantitative estimate of drug-likeness (QED) is 0.724. The molecule has 1 aromatic heterocycles. The van der Waals surface area contributed by atoms with Crippen LogP contribution in [0.25, 0.3) is 11.5 Å². The maximum absolute atomic E-state index is 12.3. The highest BCUT2D eigenvalue weighted by Gasteiger charge is 2.31. The van der Waals surface area contributed by atoms with Gasteiger partial charge < -0.3 is 9.15 Å². The lowest BCUT2D eigenvalue weighted by atomic mass is 9.86. The molecule has 6 nitrogen and oxygen atoms in total. The molecule has 1 aliphatic carbocycles. The van der Waals surface area contributed by atoms with E-state index in [1.165, 1.54) is 11.8 Å². The number of aliphatic imine (C=N–C) groups is 2. The lowest BCUT2D eigenvalue weighted by Crippen LogP contribution is -2.30. The van der Waals surface area contributed by atoms with Gasteiger partial charge in [0.25, 0.3) is 5.91 Å². The number of carbonyl (C=O) groups is 1. The average Bonchev–Trinajstić information content (AvgIpc) is 3.08. The van der Waals surface area contributed by atoms with Gasteiger partial charge in [0, 0.05) is 17.0 Å². The van der Waals surface area contributed by atoms with Crippen molar-refractivity contribution in [1.29, 1.82) is 0 Å². The molecule has 0 N–H and O–H groups in total. The molecular formula is C21H23N3O3S. The molecule has 1 amide bonds. The zero-order valence-corrected chi connectivity index (χ0v) is 16.9. The van der Waals surface area contributed by atoms with E-state index in [1.54, 1.807) is 0 Å². The van der Waals surface area contributed by atoms with Crippen molar-refractivity contribution in [1.82, 2.24) is 4.98 Å². The van der Waals surface area contributed by atoms with Crippen LogP contribution < -0.4 is 4.74 Å². The lowest BCUT2D eigenvalue weighted by molar-refractivity contribution is -0.120. The van der Waals surface area contributed by atoms with Crippen LogP contribution in [0.3, 0.4) is 0 Å². The van der Waals surface area contributed by atoms with Gasteiger partial charge in [0.15, 0.2) is 5.17 Å². The third-order valence-corrected chi connectivity index (χ3v) is 5.82. The van der Waals surface area contributed by atoms with E-state index in [-0.39, 0.29) is 11.8 Å². The number of ether oxygens (including phenoxy) is 1. The zero-order chi connectivity index (χ0) is 19.5. The first-order valence-electron chi connectivity index (χ1n) is 9.66. The molecule has 0 saturated heterocycles. The predicted octanol–water partition coefficient (Wildman–Crippen LogP) is 4.81. The number of oxazole rings is 1. The molecule has 0 radical (unpaired) electrons. The molecule has 0 bridgehead atoms. The minimum absolute atomic E-state index is 0.0425. The van der Waals surface area contributed by atoms with Crippen molar-refractivity contribution in [2.24, 2.45) is 15.9 Å². The fourth-order valence-electron chi connectivity index (χ4n) is 3.46. The second kappa shape index (κ2) is 8.31. The van der Waals surface area contributed by atoms with Gasteiger partial charge in [-0.2, -0.15) is 4.99 Å². The van der Waals surface area contributed by atoms with Gasteiger partial charge in [0.2, 0.25) is 5.89 Å². The van der Waals surface area contributed by atoms with Gasteiger partial charge in [-0.25, -0.2) is 9.98 Å². The molecule has 146 valence electrons. The summed E-state index contributed by atoms with van der Waals surface area (Å²) in [5, 5.41) is 0.545. The maximum Gasteiger partial charge on any atom is 0.256 e. The van der Waals surface area contributed by atoms with Crippen LogP contribution in [-0.2, 0) is 10.5 Å². The number of hydrogen-bond donors (Lipinski definition) is 0. The summed E-state index contributed by atoms with van der Waals surface area (Å²) < 4.78 is 11.3. The minimum atomic E-state index is -0.0850. The first-order chi connectivity index (χ1) is 13.6. The number of nitrogens with zero attached hydrogens (tertiary/aromatic N) is 3. The van der Waals surface area contributed by atoms with Gasteiger partial charge in [-0.15, -0.1) is 0 Å². The number of amides is 1. The Morgan fingerprint density at radius 3 is 2.82 bits per heavy atom. The van der Waals surface area contributed by atoms with E-state index in [9.17, 15) is 4.79 Å². The fourth-order valence-corrected chi connectivity index (χ4v) is 4.33. The number of thioether (sulfide) groups is 1. The Bertz CT molecular complexity index is 931.